The normalized spacial score (nSPS) is 45.0. The van der Waals surface area contributed by atoms with Crippen molar-refractivity contribution in [2.75, 3.05) is 6.61 Å². The molecule has 4 aliphatic carbocycles. The molecule has 1 spiro atoms. The van der Waals surface area contributed by atoms with Gasteiger partial charge in [0.05, 0.1) is 17.9 Å². The second-order valence-electron chi connectivity index (χ2n) is 11.6. The largest absolute Gasteiger partial charge is 0.465 e. The van der Waals surface area contributed by atoms with E-state index in [1.165, 1.54) is 12.5 Å². The highest BCUT2D eigenvalue weighted by atomic mass is 16.5. The van der Waals surface area contributed by atoms with Crippen LogP contribution in [0.15, 0.2) is 30.3 Å². The summed E-state index contributed by atoms with van der Waals surface area (Å²) in [4.78, 5) is 52.5. The second kappa shape index (κ2) is 7.50. The molecule has 34 heavy (non-hydrogen) atoms. The first-order valence-electron chi connectivity index (χ1n) is 12.7. The summed E-state index contributed by atoms with van der Waals surface area (Å²) in [6.45, 7) is 3.60. The zero-order valence-electron chi connectivity index (χ0n) is 19.8. The SMILES string of the molecule is CC(=O)O[C@H]1CC[C@]23COC(=O)[C@H]2[C@](C)([C@@H]2C(=O)[C@H]4C[C@@H]2[C@H](c2ccccc2)C4)C(=O)C[C@H]3C1. The third kappa shape index (κ3) is 2.86. The summed E-state index contributed by atoms with van der Waals surface area (Å²) in [5, 5.41) is 0. The first-order valence-corrected chi connectivity index (χ1v) is 12.7. The van der Waals surface area contributed by atoms with E-state index in [-0.39, 0.29) is 53.3 Å². The smallest absolute Gasteiger partial charge is 0.310 e. The maximum absolute atomic E-state index is 14.0. The zero-order valence-corrected chi connectivity index (χ0v) is 19.8. The Bertz CT molecular complexity index is 1060. The van der Waals surface area contributed by atoms with E-state index in [2.05, 4.69) is 12.1 Å². The summed E-state index contributed by atoms with van der Waals surface area (Å²) < 4.78 is 11.2. The van der Waals surface area contributed by atoms with Gasteiger partial charge in [0.25, 0.3) is 0 Å². The number of ketones is 2. The Labute approximate surface area is 199 Å². The first kappa shape index (κ1) is 22.0. The number of benzene rings is 1. The van der Waals surface area contributed by atoms with Gasteiger partial charge in [-0.15, -0.1) is 0 Å². The van der Waals surface area contributed by atoms with Gasteiger partial charge in [0.1, 0.15) is 17.7 Å². The molecule has 0 N–H and O–H groups in total. The average molecular weight is 465 g/mol. The predicted octanol–water partition coefficient (Wildman–Crippen LogP) is 3.87. The minimum Gasteiger partial charge on any atom is -0.465 e. The van der Waals surface area contributed by atoms with Gasteiger partial charge in [-0.1, -0.05) is 37.3 Å². The molecule has 0 aromatic heterocycles. The molecule has 4 saturated carbocycles. The summed E-state index contributed by atoms with van der Waals surface area (Å²) in [6.07, 6.45) is 3.63. The maximum atomic E-state index is 14.0. The summed E-state index contributed by atoms with van der Waals surface area (Å²) in [5.74, 6) is -1.28. The Morgan fingerprint density at radius 2 is 1.85 bits per heavy atom. The highest BCUT2D eigenvalue weighted by Crippen LogP contribution is 2.68. The molecular formula is C28H32O6. The minimum atomic E-state index is -1.04. The Kier molecular flexibility index (Phi) is 4.85. The van der Waals surface area contributed by atoms with Crippen LogP contribution >= 0.6 is 0 Å². The monoisotopic (exact) mass is 464 g/mol. The van der Waals surface area contributed by atoms with Crippen molar-refractivity contribution in [2.24, 2.45) is 40.4 Å². The molecule has 2 bridgehead atoms. The first-order chi connectivity index (χ1) is 16.3. The zero-order chi connectivity index (χ0) is 23.8. The van der Waals surface area contributed by atoms with Crippen LogP contribution in [0.2, 0.25) is 0 Å². The van der Waals surface area contributed by atoms with E-state index in [9.17, 15) is 19.2 Å². The second-order valence-corrected chi connectivity index (χ2v) is 11.6. The van der Waals surface area contributed by atoms with Gasteiger partial charge in [-0.3, -0.25) is 19.2 Å². The fourth-order valence-electron chi connectivity index (χ4n) is 8.87. The highest BCUT2D eigenvalue weighted by Gasteiger charge is 2.73. The summed E-state index contributed by atoms with van der Waals surface area (Å²) >= 11 is 0. The third-order valence-electron chi connectivity index (χ3n) is 10.2. The van der Waals surface area contributed by atoms with Gasteiger partial charge in [-0.25, -0.2) is 0 Å². The molecule has 1 aromatic carbocycles. The molecule has 5 fully saturated rings. The van der Waals surface area contributed by atoms with E-state index in [4.69, 9.17) is 9.47 Å². The minimum absolute atomic E-state index is 0.0122. The molecule has 1 saturated heterocycles. The van der Waals surface area contributed by atoms with Gasteiger partial charge in [-0.2, -0.15) is 0 Å². The topological polar surface area (TPSA) is 86.7 Å². The Hall–Kier alpha value is -2.50. The van der Waals surface area contributed by atoms with Crippen molar-refractivity contribution in [1.29, 1.82) is 0 Å². The van der Waals surface area contributed by atoms with Gasteiger partial charge in [0, 0.05) is 30.6 Å². The summed E-state index contributed by atoms with van der Waals surface area (Å²) in [7, 11) is 0. The predicted molar refractivity (Wildman–Crippen MR) is 121 cm³/mol. The summed E-state index contributed by atoms with van der Waals surface area (Å²) in [5.41, 5.74) is -0.272. The highest BCUT2D eigenvalue weighted by molar-refractivity contribution is 6.00. The van der Waals surface area contributed by atoms with Crippen molar-refractivity contribution in [1.82, 2.24) is 0 Å². The van der Waals surface area contributed by atoms with Crippen LogP contribution in [-0.2, 0) is 28.7 Å². The van der Waals surface area contributed by atoms with Crippen LogP contribution in [0.25, 0.3) is 0 Å². The molecule has 6 rings (SSSR count). The van der Waals surface area contributed by atoms with E-state index in [1.54, 1.807) is 0 Å². The number of carbonyl (C=O) groups is 4. The number of rotatable bonds is 3. The van der Waals surface area contributed by atoms with Crippen LogP contribution < -0.4 is 0 Å². The number of ether oxygens (including phenoxy) is 2. The molecule has 1 aromatic rings. The van der Waals surface area contributed by atoms with Gasteiger partial charge in [0.15, 0.2) is 0 Å². The van der Waals surface area contributed by atoms with E-state index in [1.807, 2.05) is 25.1 Å². The Balaban J connectivity index is 1.38. The van der Waals surface area contributed by atoms with E-state index in [0.29, 0.717) is 32.3 Å². The van der Waals surface area contributed by atoms with Crippen LogP contribution in [0.4, 0.5) is 0 Å². The van der Waals surface area contributed by atoms with Crippen LogP contribution in [0.1, 0.15) is 63.9 Å². The Morgan fingerprint density at radius 3 is 2.56 bits per heavy atom. The average Bonchev–Trinajstić information content (AvgIpc) is 3.48. The van der Waals surface area contributed by atoms with Crippen LogP contribution in [-0.4, -0.2) is 36.2 Å². The Morgan fingerprint density at radius 1 is 1.09 bits per heavy atom. The van der Waals surface area contributed by atoms with Crippen LogP contribution in [0, 0.1) is 40.4 Å². The molecular weight excluding hydrogens is 432 g/mol. The fraction of sp³-hybridized carbons (Fsp3) is 0.643. The lowest BCUT2D eigenvalue weighted by atomic mass is 9.43. The lowest BCUT2D eigenvalue weighted by Crippen LogP contribution is -2.62. The van der Waals surface area contributed by atoms with Gasteiger partial charge >= 0.3 is 11.9 Å². The van der Waals surface area contributed by atoms with Crippen molar-refractivity contribution in [2.45, 2.75) is 64.4 Å². The number of carbonyl (C=O) groups excluding carboxylic acids is 4. The molecule has 180 valence electrons. The van der Waals surface area contributed by atoms with Gasteiger partial charge in [-0.05, 0) is 55.4 Å². The molecule has 1 heterocycles. The molecule has 6 heteroatoms. The lowest BCUT2D eigenvalue weighted by Gasteiger charge is -2.56. The number of cyclic esters (lactones) is 1. The van der Waals surface area contributed by atoms with Crippen molar-refractivity contribution in [3.8, 4) is 0 Å². The molecule has 1 aliphatic heterocycles. The van der Waals surface area contributed by atoms with E-state index < -0.39 is 22.7 Å². The van der Waals surface area contributed by atoms with Crippen LogP contribution in [0.5, 0.6) is 0 Å². The molecule has 9 atom stereocenters. The van der Waals surface area contributed by atoms with Crippen molar-refractivity contribution in [3.05, 3.63) is 35.9 Å². The van der Waals surface area contributed by atoms with Gasteiger partial charge in [0.2, 0.25) is 0 Å². The number of hydrogen-bond donors (Lipinski definition) is 0. The summed E-state index contributed by atoms with van der Waals surface area (Å²) in [6, 6.07) is 10.3. The van der Waals surface area contributed by atoms with E-state index >= 15 is 0 Å². The maximum Gasteiger partial charge on any atom is 0.310 e. The number of hydrogen-bond acceptors (Lipinski definition) is 6. The number of fused-ring (bicyclic) bond motifs is 2. The molecule has 0 unspecified atom stereocenters. The molecule has 0 amide bonds. The quantitative estimate of drug-likeness (QED) is 0.632. The molecule has 6 nitrogen and oxygen atoms in total. The standard InChI is InChI=1S/C28H32O6/c1-15(29)34-19-8-9-28-14-33-26(32)25(28)27(2,22(30)13-18(28)12-19)23-21-11-17(24(23)31)10-20(21)16-6-4-3-5-7-16/h3-7,17-21,23,25H,8-14H2,1-2H3/t17-,18-,19+,20+,21-,23+,25+,27+,28-/m1/s1. The third-order valence-corrected chi connectivity index (χ3v) is 10.2. The molecule has 5 aliphatic rings. The van der Waals surface area contributed by atoms with Crippen molar-refractivity contribution in [3.63, 3.8) is 0 Å². The molecule has 0 radical (unpaired) electrons. The number of Topliss-reactive ketones (excluding diaryl/α,β-unsaturated/α-hetero) is 2. The van der Waals surface area contributed by atoms with Crippen molar-refractivity contribution >= 4 is 23.5 Å². The number of esters is 2. The fourth-order valence-corrected chi connectivity index (χ4v) is 8.87. The lowest BCUT2D eigenvalue weighted by molar-refractivity contribution is -0.174. The van der Waals surface area contributed by atoms with E-state index in [0.717, 1.165) is 12.8 Å². The van der Waals surface area contributed by atoms with Crippen molar-refractivity contribution < 1.29 is 28.7 Å². The van der Waals surface area contributed by atoms with Gasteiger partial charge < -0.3 is 9.47 Å². The van der Waals surface area contributed by atoms with Crippen LogP contribution in [0.3, 0.4) is 0 Å².